The molecule has 0 spiro atoms. The second kappa shape index (κ2) is 11.8. The lowest BCUT2D eigenvalue weighted by Crippen LogP contribution is -2.62. The highest BCUT2D eigenvalue weighted by Crippen LogP contribution is 2.60. The fraction of sp³-hybridized carbons (Fsp3) is 0.600. The van der Waals surface area contributed by atoms with Crippen LogP contribution in [0.4, 0.5) is 27.5 Å². The zero-order chi connectivity index (χ0) is 30.4. The summed E-state index contributed by atoms with van der Waals surface area (Å²) in [6.45, 7) is 10.2. The molecule has 4 bridgehead atoms. The summed E-state index contributed by atoms with van der Waals surface area (Å²) >= 11 is 0. The summed E-state index contributed by atoms with van der Waals surface area (Å²) in [5.41, 5.74) is 9.81. The van der Waals surface area contributed by atoms with Gasteiger partial charge in [-0.25, -0.2) is 9.86 Å². The van der Waals surface area contributed by atoms with Crippen molar-refractivity contribution >= 4 is 34.7 Å². The number of anilines is 4. The number of carbonyl (C=O) groups is 2. The molecule has 5 atom stereocenters. The van der Waals surface area contributed by atoms with Crippen molar-refractivity contribution in [3.63, 3.8) is 0 Å². The van der Waals surface area contributed by atoms with E-state index in [4.69, 9.17) is 10.6 Å². The number of hydrogen-bond acceptors (Lipinski definition) is 7. The summed E-state index contributed by atoms with van der Waals surface area (Å²) in [6.07, 6.45) is 6.64. The van der Waals surface area contributed by atoms with E-state index < -0.39 is 6.09 Å². The van der Waals surface area contributed by atoms with Crippen LogP contribution in [0.3, 0.4) is 0 Å². The van der Waals surface area contributed by atoms with E-state index in [-0.39, 0.29) is 17.4 Å². The molecule has 8 rings (SSSR count). The Morgan fingerprint density at radius 1 is 0.864 bits per heavy atom. The lowest BCUT2D eigenvalue weighted by Gasteiger charge is -2.58. The van der Waals surface area contributed by atoms with E-state index in [1.165, 1.54) is 18.5 Å². The molecule has 2 aromatic rings. The quantitative estimate of drug-likeness (QED) is 0.426. The van der Waals surface area contributed by atoms with Gasteiger partial charge in [-0.3, -0.25) is 9.69 Å². The second-order valence-corrected chi connectivity index (χ2v) is 13.9. The number of para-hydroxylation sites is 2. The van der Waals surface area contributed by atoms with Gasteiger partial charge in [0.2, 0.25) is 5.91 Å². The van der Waals surface area contributed by atoms with Gasteiger partial charge in [-0.2, -0.15) is 0 Å². The zero-order valence-corrected chi connectivity index (χ0v) is 26.3. The van der Waals surface area contributed by atoms with Crippen LogP contribution in [0.5, 0.6) is 0 Å². The summed E-state index contributed by atoms with van der Waals surface area (Å²) in [4.78, 5) is 39.0. The molecular weight excluding hydrogens is 552 g/mol. The van der Waals surface area contributed by atoms with Crippen LogP contribution in [0.2, 0.25) is 0 Å². The fourth-order valence-corrected chi connectivity index (χ4v) is 9.52. The number of amides is 2. The minimum atomic E-state index is -0.410. The van der Waals surface area contributed by atoms with Crippen molar-refractivity contribution in [2.45, 2.75) is 70.9 Å². The van der Waals surface area contributed by atoms with Crippen LogP contribution < -0.4 is 25.9 Å². The Labute approximate surface area is 261 Å². The lowest BCUT2D eigenvalue weighted by atomic mass is 9.47. The number of benzene rings is 2. The average Bonchev–Trinajstić information content (AvgIpc) is 3.04. The number of nitrogens with one attached hydrogen (secondary N) is 1. The third kappa shape index (κ3) is 5.27. The van der Waals surface area contributed by atoms with Crippen LogP contribution in [0.25, 0.3) is 0 Å². The van der Waals surface area contributed by atoms with Crippen LogP contribution >= 0.6 is 0 Å². The molecule has 44 heavy (non-hydrogen) atoms. The van der Waals surface area contributed by atoms with Gasteiger partial charge in [0.15, 0.2) is 0 Å². The number of rotatable bonds is 8. The van der Waals surface area contributed by atoms with E-state index in [0.717, 1.165) is 75.3 Å². The molecule has 1 saturated heterocycles. The van der Waals surface area contributed by atoms with Gasteiger partial charge in [0.05, 0.1) is 17.9 Å². The van der Waals surface area contributed by atoms with Gasteiger partial charge in [0.1, 0.15) is 0 Å². The SMILES string of the molecule is CCC(CC)N1CCN(c2ccc(N3CCN(OC(=O)NC4[C@@H]5CC6C[C@H]4CC(C(N)=O)(C6)C5)c4ccccc43)cc2)CC1. The Bertz CT molecular complexity index is 1340. The molecule has 4 aliphatic carbocycles. The van der Waals surface area contributed by atoms with Gasteiger partial charge >= 0.3 is 6.09 Å². The molecule has 2 aromatic carbocycles. The number of primary amides is 1. The number of nitrogens with zero attached hydrogens (tertiary/aromatic N) is 4. The Balaban J connectivity index is 0.989. The Hall–Kier alpha value is -3.46. The monoisotopic (exact) mass is 600 g/mol. The molecule has 2 amide bonds. The van der Waals surface area contributed by atoms with Crippen LogP contribution in [-0.2, 0) is 9.63 Å². The summed E-state index contributed by atoms with van der Waals surface area (Å²) < 4.78 is 0. The van der Waals surface area contributed by atoms with E-state index in [0.29, 0.717) is 36.9 Å². The summed E-state index contributed by atoms with van der Waals surface area (Å²) in [6, 6.07) is 17.8. The highest BCUT2D eigenvalue weighted by Gasteiger charge is 2.58. The first-order valence-corrected chi connectivity index (χ1v) is 16.9. The summed E-state index contributed by atoms with van der Waals surface area (Å²) in [7, 11) is 0. The molecule has 6 aliphatic rings. The third-order valence-corrected chi connectivity index (χ3v) is 11.5. The molecule has 3 unspecified atom stereocenters. The molecule has 0 aromatic heterocycles. The molecule has 236 valence electrons. The maximum atomic E-state index is 13.3. The number of piperazine rings is 1. The van der Waals surface area contributed by atoms with Crippen LogP contribution in [0, 0.1) is 23.2 Å². The molecule has 4 saturated carbocycles. The normalized spacial score (nSPS) is 29.6. The molecular formula is C35H48N6O3. The molecule has 0 radical (unpaired) electrons. The van der Waals surface area contributed by atoms with Crippen molar-refractivity contribution < 1.29 is 14.4 Å². The van der Waals surface area contributed by atoms with Crippen molar-refractivity contribution in [3.05, 3.63) is 48.5 Å². The van der Waals surface area contributed by atoms with Crippen molar-refractivity contribution in [1.82, 2.24) is 10.2 Å². The molecule has 9 heteroatoms. The van der Waals surface area contributed by atoms with Crippen molar-refractivity contribution in [3.8, 4) is 0 Å². The summed E-state index contributed by atoms with van der Waals surface area (Å²) in [5, 5.41) is 4.95. The van der Waals surface area contributed by atoms with Gasteiger partial charge in [-0.15, -0.1) is 0 Å². The lowest BCUT2D eigenvalue weighted by molar-refractivity contribution is -0.145. The van der Waals surface area contributed by atoms with E-state index in [1.807, 2.05) is 18.2 Å². The number of nitrogens with two attached hydrogens (primary N) is 1. The van der Waals surface area contributed by atoms with Gasteiger partial charge < -0.3 is 25.7 Å². The maximum Gasteiger partial charge on any atom is 0.431 e. The van der Waals surface area contributed by atoms with Crippen LogP contribution in [-0.4, -0.2) is 68.3 Å². The minimum Gasteiger partial charge on any atom is -0.369 e. The molecule has 2 aliphatic heterocycles. The van der Waals surface area contributed by atoms with E-state index in [2.05, 4.69) is 64.2 Å². The molecule has 3 N–H and O–H groups in total. The Kier molecular flexibility index (Phi) is 7.85. The van der Waals surface area contributed by atoms with Crippen LogP contribution in [0.15, 0.2) is 48.5 Å². The van der Waals surface area contributed by atoms with Crippen molar-refractivity contribution in [2.75, 3.05) is 54.1 Å². The molecule has 5 fully saturated rings. The molecule has 9 nitrogen and oxygen atoms in total. The first kappa shape index (κ1) is 29.3. The van der Waals surface area contributed by atoms with Gasteiger partial charge in [-0.05, 0) is 99.1 Å². The third-order valence-electron chi connectivity index (χ3n) is 11.5. The van der Waals surface area contributed by atoms with E-state index in [1.54, 1.807) is 5.06 Å². The Morgan fingerprint density at radius 2 is 1.50 bits per heavy atom. The zero-order valence-electron chi connectivity index (χ0n) is 26.3. The van der Waals surface area contributed by atoms with Gasteiger partial charge in [-0.1, -0.05) is 26.0 Å². The smallest absolute Gasteiger partial charge is 0.369 e. The van der Waals surface area contributed by atoms with Crippen molar-refractivity contribution in [2.24, 2.45) is 28.9 Å². The second-order valence-electron chi connectivity index (χ2n) is 13.9. The Morgan fingerprint density at radius 3 is 2.14 bits per heavy atom. The largest absolute Gasteiger partial charge is 0.431 e. The first-order valence-electron chi connectivity index (χ1n) is 16.9. The average molecular weight is 601 g/mol. The predicted octanol–water partition coefficient (Wildman–Crippen LogP) is 5.28. The fourth-order valence-electron chi connectivity index (χ4n) is 9.52. The minimum absolute atomic E-state index is 0.0456. The van der Waals surface area contributed by atoms with Gasteiger partial charge in [0, 0.05) is 61.6 Å². The van der Waals surface area contributed by atoms with Gasteiger partial charge in [0.25, 0.3) is 0 Å². The first-order chi connectivity index (χ1) is 21.4. The maximum absolute atomic E-state index is 13.3. The topological polar surface area (TPSA) is 94.4 Å². The van der Waals surface area contributed by atoms with E-state index >= 15 is 0 Å². The highest BCUT2D eigenvalue weighted by atomic mass is 16.7. The predicted molar refractivity (Wildman–Crippen MR) is 174 cm³/mol. The number of hydrogen-bond donors (Lipinski definition) is 2. The number of fused-ring (bicyclic) bond motifs is 1. The number of hydroxylamine groups is 1. The van der Waals surface area contributed by atoms with Crippen LogP contribution in [0.1, 0.15) is 58.8 Å². The standard InChI is InChI=1S/C35H48N6O3/c1-3-27(4-2)38-13-15-39(16-14-38)28-9-11-29(12-10-28)40-17-18-41(31-8-6-5-7-30(31)40)44-34(43)37-32-25-19-24-20-26(32)23-35(21-24,22-25)33(36)42/h5-12,24-27,32H,3-4,13-23H2,1-2H3,(H2,36,42)(H,37,43)/t24?,25-,26+,32?,35?. The van der Waals surface area contributed by atoms with Crippen molar-refractivity contribution in [1.29, 1.82) is 0 Å². The highest BCUT2D eigenvalue weighted by molar-refractivity contribution is 5.82. The number of carbonyl (C=O) groups excluding carboxylic acids is 2. The van der Waals surface area contributed by atoms with E-state index in [9.17, 15) is 9.59 Å². The molecule has 2 heterocycles. The summed E-state index contributed by atoms with van der Waals surface area (Å²) in [5.74, 6) is 0.980.